The van der Waals surface area contributed by atoms with Crippen molar-refractivity contribution in [3.8, 4) is 11.5 Å². The third-order valence-corrected chi connectivity index (χ3v) is 4.71. The standard InChI is InChI=1S/C24H21N3O3/c1-29-20-9-4-10-21(30-2)22(20)24(28)27-18-13-11-17(12-14-18)26-19-8-3-6-16-7-5-15-25-23(16)19/h3-15,26H,1-2H3,(H,27,28). The predicted octanol–water partition coefficient (Wildman–Crippen LogP) is 5.25. The van der Waals surface area contributed by atoms with Gasteiger partial charge in [-0.1, -0.05) is 24.3 Å². The Labute approximate surface area is 174 Å². The van der Waals surface area contributed by atoms with Gasteiger partial charge in [-0.05, 0) is 48.5 Å². The molecular formula is C24H21N3O3. The van der Waals surface area contributed by atoms with E-state index in [9.17, 15) is 4.79 Å². The Morgan fingerprint density at radius 1 is 0.800 bits per heavy atom. The number of methoxy groups -OCH3 is 2. The number of aromatic nitrogens is 1. The molecule has 6 nitrogen and oxygen atoms in total. The fourth-order valence-corrected chi connectivity index (χ4v) is 3.27. The summed E-state index contributed by atoms with van der Waals surface area (Å²) in [6.07, 6.45) is 1.78. The van der Waals surface area contributed by atoms with Gasteiger partial charge in [0.05, 0.1) is 25.4 Å². The molecule has 0 radical (unpaired) electrons. The number of anilines is 3. The minimum atomic E-state index is -0.303. The van der Waals surface area contributed by atoms with Gasteiger partial charge in [-0.3, -0.25) is 9.78 Å². The summed E-state index contributed by atoms with van der Waals surface area (Å²) in [4.78, 5) is 17.3. The smallest absolute Gasteiger partial charge is 0.263 e. The SMILES string of the molecule is COc1cccc(OC)c1C(=O)Nc1ccc(Nc2cccc3cccnc23)cc1. The zero-order chi connectivity index (χ0) is 20.9. The number of nitrogens with one attached hydrogen (secondary N) is 2. The molecule has 0 bridgehead atoms. The fraction of sp³-hybridized carbons (Fsp3) is 0.0833. The zero-order valence-corrected chi connectivity index (χ0v) is 16.7. The number of carbonyl (C=O) groups excluding carboxylic acids is 1. The number of hydrogen-bond donors (Lipinski definition) is 2. The third-order valence-electron chi connectivity index (χ3n) is 4.71. The van der Waals surface area contributed by atoms with Crippen LogP contribution in [0.15, 0.2) is 79.0 Å². The molecule has 4 aromatic rings. The molecule has 3 aromatic carbocycles. The minimum Gasteiger partial charge on any atom is -0.496 e. The molecule has 1 heterocycles. The van der Waals surface area contributed by atoms with Gasteiger partial charge >= 0.3 is 0 Å². The Balaban J connectivity index is 1.53. The number of ether oxygens (including phenoxy) is 2. The van der Waals surface area contributed by atoms with Gasteiger partial charge in [-0.25, -0.2) is 0 Å². The van der Waals surface area contributed by atoms with Crippen LogP contribution < -0.4 is 20.1 Å². The molecule has 0 saturated heterocycles. The highest BCUT2D eigenvalue weighted by molar-refractivity contribution is 6.08. The van der Waals surface area contributed by atoms with E-state index in [2.05, 4.69) is 15.6 Å². The molecule has 1 amide bonds. The van der Waals surface area contributed by atoms with Gasteiger partial charge in [0.1, 0.15) is 17.1 Å². The van der Waals surface area contributed by atoms with Crippen LogP contribution in [-0.2, 0) is 0 Å². The summed E-state index contributed by atoms with van der Waals surface area (Å²) in [7, 11) is 3.04. The van der Waals surface area contributed by atoms with Crippen LogP contribution in [0.4, 0.5) is 17.1 Å². The van der Waals surface area contributed by atoms with Gasteiger partial charge in [-0.2, -0.15) is 0 Å². The molecule has 0 aliphatic carbocycles. The Bertz CT molecular complexity index is 1160. The number of pyridine rings is 1. The summed E-state index contributed by atoms with van der Waals surface area (Å²) < 4.78 is 10.6. The zero-order valence-electron chi connectivity index (χ0n) is 16.7. The first-order valence-electron chi connectivity index (χ1n) is 9.43. The summed E-state index contributed by atoms with van der Waals surface area (Å²) in [5.41, 5.74) is 3.73. The van der Waals surface area contributed by atoms with Crippen LogP contribution in [0.25, 0.3) is 10.9 Å². The lowest BCUT2D eigenvalue weighted by molar-refractivity contribution is 0.102. The lowest BCUT2D eigenvalue weighted by Crippen LogP contribution is -2.14. The fourth-order valence-electron chi connectivity index (χ4n) is 3.27. The number of nitrogens with zero attached hydrogens (tertiary/aromatic N) is 1. The second-order valence-corrected chi connectivity index (χ2v) is 6.57. The van der Waals surface area contributed by atoms with Crippen LogP contribution in [0.2, 0.25) is 0 Å². The van der Waals surface area contributed by atoms with Crippen LogP contribution in [0.1, 0.15) is 10.4 Å². The topological polar surface area (TPSA) is 72.5 Å². The van der Waals surface area contributed by atoms with Crippen LogP contribution in [-0.4, -0.2) is 25.1 Å². The van der Waals surface area contributed by atoms with Crippen molar-refractivity contribution < 1.29 is 14.3 Å². The maximum absolute atomic E-state index is 12.8. The van der Waals surface area contributed by atoms with Crippen LogP contribution in [0.5, 0.6) is 11.5 Å². The first kappa shape index (κ1) is 19.3. The van der Waals surface area contributed by atoms with Crippen molar-refractivity contribution in [2.45, 2.75) is 0 Å². The van der Waals surface area contributed by atoms with E-state index in [1.807, 2.05) is 54.6 Å². The lowest BCUT2D eigenvalue weighted by atomic mass is 10.1. The van der Waals surface area contributed by atoms with Gasteiger partial charge in [0.2, 0.25) is 0 Å². The quantitative estimate of drug-likeness (QED) is 0.463. The van der Waals surface area contributed by atoms with Crippen LogP contribution >= 0.6 is 0 Å². The number of fused-ring (bicyclic) bond motifs is 1. The molecule has 0 fully saturated rings. The summed E-state index contributed by atoms with van der Waals surface area (Å²) >= 11 is 0. The summed E-state index contributed by atoms with van der Waals surface area (Å²) in [5, 5.41) is 7.34. The van der Waals surface area contributed by atoms with Crippen LogP contribution in [0.3, 0.4) is 0 Å². The molecule has 0 unspecified atom stereocenters. The van der Waals surface area contributed by atoms with E-state index in [0.29, 0.717) is 22.7 Å². The Hall–Kier alpha value is -4.06. The third kappa shape index (κ3) is 3.89. The summed E-state index contributed by atoms with van der Waals surface area (Å²) in [6, 6.07) is 22.6. The van der Waals surface area contributed by atoms with Gasteiger partial charge in [-0.15, -0.1) is 0 Å². The molecule has 30 heavy (non-hydrogen) atoms. The molecule has 0 saturated carbocycles. The van der Waals surface area contributed by atoms with Crippen molar-refractivity contribution in [1.82, 2.24) is 4.98 Å². The number of rotatable bonds is 6. The minimum absolute atomic E-state index is 0.303. The van der Waals surface area contributed by atoms with Crippen molar-refractivity contribution in [3.05, 3.63) is 84.6 Å². The van der Waals surface area contributed by atoms with Gasteiger partial charge in [0.15, 0.2) is 0 Å². The highest BCUT2D eigenvalue weighted by atomic mass is 16.5. The average Bonchev–Trinajstić information content (AvgIpc) is 2.80. The lowest BCUT2D eigenvalue weighted by Gasteiger charge is -2.13. The summed E-state index contributed by atoms with van der Waals surface area (Å²) in [6.45, 7) is 0. The number of hydrogen-bond acceptors (Lipinski definition) is 5. The van der Waals surface area contributed by atoms with E-state index in [4.69, 9.17) is 9.47 Å². The maximum atomic E-state index is 12.8. The van der Waals surface area contributed by atoms with E-state index >= 15 is 0 Å². The van der Waals surface area contributed by atoms with Gasteiger partial charge in [0.25, 0.3) is 5.91 Å². The number of amides is 1. The number of carbonyl (C=O) groups is 1. The molecule has 0 spiro atoms. The van der Waals surface area contributed by atoms with Crippen molar-refractivity contribution in [1.29, 1.82) is 0 Å². The van der Waals surface area contributed by atoms with Crippen molar-refractivity contribution in [2.75, 3.05) is 24.9 Å². The highest BCUT2D eigenvalue weighted by Crippen LogP contribution is 2.30. The van der Waals surface area contributed by atoms with E-state index in [-0.39, 0.29) is 5.91 Å². The normalized spacial score (nSPS) is 10.5. The van der Waals surface area contributed by atoms with Crippen molar-refractivity contribution in [3.63, 3.8) is 0 Å². The molecule has 1 aromatic heterocycles. The molecule has 2 N–H and O–H groups in total. The number of para-hydroxylation sites is 1. The Morgan fingerprint density at radius 2 is 1.43 bits per heavy atom. The van der Waals surface area contributed by atoms with Crippen molar-refractivity contribution in [2.24, 2.45) is 0 Å². The van der Waals surface area contributed by atoms with Gasteiger partial charge < -0.3 is 20.1 Å². The first-order chi connectivity index (χ1) is 14.7. The van der Waals surface area contributed by atoms with Crippen molar-refractivity contribution >= 4 is 33.9 Å². The molecule has 0 aliphatic rings. The number of benzene rings is 3. The first-order valence-corrected chi connectivity index (χ1v) is 9.43. The van der Waals surface area contributed by atoms with E-state index in [1.165, 1.54) is 14.2 Å². The molecular weight excluding hydrogens is 378 g/mol. The highest BCUT2D eigenvalue weighted by Gasteiger charge is 2.18. The second-order valence-electron chi connectivity index (χ2n) is 6.57. The molecule has 150 valence electrons. The molecule has 0 atom stereocenters. The molecule has 0 aliphatic heterocycles. The maximum Gasteiger partial charge on any atom is 0.263 e. The monoisotopic (exact) mass is 399 g/mol. The largest absolute Gasteiger partial charge is 0.496 e. The van der Waals surface area contributed by atoms with Gasteiger partial charge in [0, 0.05) is 23.0 Å². The predicted molar refractivity (Wildman–Crippen MR) is 119 cm³/mol. The summed E-state index contributed by atoms with van der Waals surface area (Å²) in [5.74, 6) is 0.602. The Morgan fingerprint density at radius 3 is 2.13 bits per heavy atom. The second kappa shape index (κ2) is 8.53. The van der Waals surface area contributed by atoms with E-state index < -0.39 is 0 Å². The van der Waals surface area contributed by atoms with Crippen LogP contribution in [0, 0.1) is 0 Å². The molecule has 6 heteroatoms. The average molecular weight is 399 g/mol. The Kier molecular flexibility index (Phi) is 5.48. The van der Waals surface area contributed by atoms with E-state index in [0.717, 1.165) is 22.3 Å². The molecule has 4 rings (SSSR count). The van der Waals surface area contributed by atoms with E-state index in [1.54, 1.807) is 24.4 Å².